The lowest BCUT2D eigenvalue weighted by molar-refractivity contribution is 0.0704. The molecular weight excluding hydrogens is 200 g/mol. The predicted molar refractivity (Wildman–Crippen MR) is 57.4 cm³/mol. The zero-order valence-corrected chi connectivity index (χ0v) is 8.96. The van der Waals surface area contributed by atoms with E-state index in [-0.39, 0.29) is 13.2 Å². The lowest BCUT2D eigenvalue weighted by Crippen LogP contribution is -2.28. The van der Waals surface area contributed by atoms with Crippen LogP contribution in [0.5, 0.6) is 0 Å². The van der Waals surface area contributed by atoms with Crippen LogP contribution in [0.3, 0.4) is 0 Å². The zero-order valence-electron chi connectivity index (χ0n) is 8.20. The molecule has 2 nitrogen and oxygen atoms in total. The second-order valence-corrected chi connectivity index (χ2v) is 4.37. The van der Waals surface area contributed by atoms with E-state index in [4.69, 9.17) is 21.8 Å². The summed E-state index contributed by atoms with van der Waals surface area (Å²) in [5.41, 5.74) is 0.563. The van der Waals surface area contributed by atoms with Crippen LogP contribution in [0.2, 0.25) is 5.02 Å². The Balaban J connectivity index is 2.77. The van der Waals surface area contributed by atoms with Crippen molar-refractivity contribution < 1.29 is 10.2 Å². The van der Waals surface area contributed by atoms with Gasteiger partial charge >= 0.3 is 0 Å². The lowest BCUT2D eigenvalue weighted by Gasteiger charge is -2.24. The van der Waals surface area contributed by atoms with Gasteiger partial charge in [-0.3, -0.25) is 0 Å². The number of hydrogen-bond acceptors (Lipinski definition) is 2. The highest BCUT2D eigenvalue weighted by Gasteiger charge is 2.22. The van der Waals surface area contributed by atoms with Crippen LogP contribution in [0.25, 0.3) is 0 Å². The zero-order chi connectivity index (χ0) is 10.6. The summed E-state index contributed by atoms with van der Waals surface area (Å²) in [6.45, 7) is 1.78. The maximum atomic E-state index is 9.12. The highest BCUT2D eigenvalue weighted by Crippen LogP contribution is 2.22. The van der Waals surface area contributed by atoms with Crippen molar-refractivity contribution in [1.82, 2.24) is 0 Å². The van der Waals surface area contributed by atoms with Gasteiger partial charge in [0.15, 0.2) is 0 Å². The Hall–Kier alpha value is -0.570. The highest BCUT2D eigenvalue weighted by molar-refractivity contribution is 6.30. The van der Waals surface area contributed by atoms with Gasteiger partial charge in [0.05, 0.1) is 13.2 Å². The van der Waals surface area contributed by atoms with Gasteiger partial charge in [0.25, 0.3) is 0 Å². The molecule has 0 aromatic heterocycles. The van der Waals surface area contributed by atoms with Crippen LogP contribution in [0, 0.1) is 5.41 Å². The number of hydrogen-bond donors (Lipinski definition) is 2. The van der Waals surface area contributed by atoms with Crippen molar-refractivity contribution in [2.75, 3.05) is 13.2 Å². The fourth-order valence-corrected chi connectivity index (χ4v) is 1.51. The summed E-state index contributed by atoms with van der Waals surface area (Å²) in [4.78, 5) is 0. The number of aliphatic hydroxyl groups is 2. The third kappa shape index (κ3) is 2.98. The predicted octanol–water partition coefficient (Wildman–Crippen LogP) is 1.87. The Bertz CT molecular complexity index is 295. The molecule has 78 valence electrons. The van der Waals surface area contributed by atoms with Gasteiger partial charge in [-0.2, -0.15) is 0 Å². The van der Waals surface area contributed by atoms with E-state index in [1.54, 1.807) is 6.07 Å². The van der Waals surface area contributed by atoms with Gasteiger partial charge in [0.2, 0.25) is 0 Å². The summed E-state index contributed by atoms with van der Waals surface area (Å²) < 4.78 is 0. The molecule has 0 saturated carbocycles. The molecular formula is C11H15ClO2. The van der Waals surface area contributed by atoms with Crippen molar-refractivity contribution in [3.05, 3.63) is 34.9 Å². The molecule has 0 atom stereocenters. The van der Waals surface area contributed by atoms with Gasteiger partial charge in [-0.15, -0.1) is 0 Å². The Morgan fingerprint density at radius 3 is 2.43 bits per heavy atom. The molecule has 2 N–H and O–H groups in total. The Labute approximate surface area is 89.1 Å². The Kier molecular flexibility index (Phi) is 3.93. The van der Waals surface area contributed by atoms with Crippen LogP contribution in [0.4, 0.5) is 0 Å². The summed E-state index contributed by atoms with van der Waals surface area (Å²) in [5, 5.41) is 18.9. The molecule has 0 heterocycles. The van der Waals surface area contributed by atoms with Gasteiger partial charge < -0.3 is 10.2 Å². The molecule has 0 aliphatic heterocycles. The average molecular weight is 215 g/mol. The molecule has 0 radical (unpaired) electrons. The first-order chi connectivity index (χ1) is 6.59. The van der Waals surface area contributed by atoms with Gasteiger partial charge in [-0.05, 0) is 24.1 Å². The standard InChI is InChI=1S/C11H15ClO2/c1-11(7-13,8-14)6-9-3-2-4-10(12)5-9/h2-5,13-14H,6-8H2,1H3. The maximum Gasteiger partial charge on any atom is 0.0509 e. The monoisotopic (exact) mass is 214 g/mol. The summed E-state index contributed by atoms with van der Waals surface area (Å²) in [5.74, 6) is 0. The van der Waals surface area contributed by atoms with Crippen molar-refractivity contribution >= 4 is 11.6 Å². The van der Waals surface area contributed by atoms with E-state index in [1.807, 2.05) is 25.1 Å². The van der Waals surface area contributed by atoms with Crippen LogP contribution >= 0.6 is 11.6 Å². The highest BCUT2D eigenvalue weighted by atomic mass is 35.5. The normalized spacial score (nSPS) is 11.7. The topological polar surface area (TPSA) is 40.5 Å². The van der Waals surface area contributed by atoms with E-state index < -0.39 is 5.41 Å². The van der Waals surface area contributed by atoms with E-state index in [0.29, 0.717) is 11.4 Å². The van der Waals surface area contributed by atoms with E-state index in [0.717, 1.165) is 5.56 Å². The molecule has 0 spiro atoms. The maximum absolute atomic E-state index is 9.12. The van der Waals surface area contributed by atoms with Crippen molar-refractivity contribution in [3.63, 3.8) is 0 Å². The number of benzene rings is 1. The molecule has 0 aliphatic rings. The minimum Gasteiger partial charge on any atom is -0.396 e. The van der Waals surface area contributed by atoms with Crippen molar-refractivity contribution in [2.45, 2.75) is 13.3 Å². The Morgan fingerprint density at radius 1 is 1.29 bits per heavy atom. The van der Waals surface area contributed by atoms with Crippen LogP contribution < -0.4 is 0 Å². The first-order valence-corrected chi connectivity index (χ1v) is 4.93. The largest absolute Gasteiger partial charge is 0.396 e. The van der Waals surface area contributed by atoms with E-state index in [2.05, 4.69) is 0 Å². The molecule has 1 aromatic carbocycles. The smallest absolute Gasteiger partial charge is 0.0509 e. The summed E-state index contributed by atoms with van der Waals surface area (Å²) >= 11 is 5.84. The SMILES string of the molecule is CC(CO)(CO)Cc1cccc(Cl)c1. The molecule has 14 heavy (non-hydrogen) atoms. The van der Waals surface area contributed by atoms with E-state index in [9.17, 15) is 0 Å². The average Bonchev–Trinajstić information content (AvgIpc) is 2.18. The molecule has 0 amide bonds. The number of rotatable bonds is 4. The fraction of sp³-hybridized carbons (Fsp3) is 0.455. The van der Waals surface area contributed by atoms with Gasteiger partial charge in [0.1, 0.15) is 0 Å². The fourth-order valence-electron chi connectivity index (χ4n) is 1.30. The summed E-state index contributed by atoms with van der Waals surface area (Å²) in [6.07, 6.45) is 0.626. The quantitative estimate of drug-likeness (QED) is 0.804. The third-order valence-corrected chi connectivity index (χ3v) is 2.52. The molecule has 0 saturated heterocycles. The van der Waals surface area contributed by atoms with Crippen LogP contribution in [0.15, 0.2) is 24.3 Å². The number of halogens is 1. The molecule has 0 fully saturated rings. The van der Waals surface area contributed by atoms with E-state index in [1.165, 1.54) is 0 Å². The first kappa shape index (κ1) is 11.5. The van der Waals surface area contributed by atoms with Crippen LogP contribution in [-0.4, -0.2) is 23.4 Å². The first-order valence-electron chi connectivity index (χ1n) is 4.56. The minimum absolute atomic E-state index is 0.0317. The third-order valence-electron chi connectivity index (χ3n) is 2.28. The molecule has 0 bridgehead atoms. The number of aliphatic hydroxyl groups excluding tert-OH is 2. The van der Waals surface area contributed by atoms with Crippen LogP contribution in [-0.2, 0) is 6.42 Å². The summed E-state index contributed by atoms with van der Waals surface area (Å²) in [7, 11) is 0. The Morgan fingerprint density at radius 2 is 1.93 bits per heavy atom. The van der Waals surface area contributed by atoms with Gasteiger partial charge in [0, 0.05) is 10.4 Å². The van der Waals surface area contributed by atoms with Crippen molar-refractivity contribution in [1.29, 1.82) is 0 Å². The van der Waals surface area contributed by atoms with Gasteiger partial charge in [-0.1, -0.05) is 30.7 Å². The molecule has 3 heteroatoms. The second-order valence-electron chi connectivity index (χ2n) is 3.93. The molecule has 0 aliphatic carbocycles. The second kappa shape index (κ2) is 4.78. The summed E-state index contributed by atoms with van der Waals surface area (Å²) in [6, 6.07) is 7.47. The molecule has 0 unspecified atom stereocenters. The lowest BCUT2D eigenvalue weighted by atomic mass is 9.85. The van der Waals surface area contributed by atoms with Crippen molar-refractivity contribution in [2.24, 2.45) is 5.41 Å². The molecule has 1 rings (SSSR count). The molecule has 1 aromatic rings. The van der Waals surface area contributed by atoms with Crippen molar-refractivity contribution in [3.8, 4) is 0 Å². The van der Waals surface area contributed by atoms with E-state index >= 15 is 0 Å². The van der Waals surface area contributed by atoms with Crippen LogP contribution in [0.1, 0.15) is 12.5 Å². The van der Waals surface area contributed by atoms with Gasteiger partial charge in [-0.25, -0.2) is 0 Å². The minimum atomic E-state index is -0.468.